The van der Waals surface area contributed by atoms with Gasteiger partial charge in [-0.25, -0.2) is 0 Å². The topological polar surface area (TPSA) is 63.4 Å². The minimum atomic E-state index is -0.393. The summed E-state index contributed by atoms with van der Waals surface area (Å²) < 4.78 is 0.500. The van der Waals surface area contributed by atoms with Crippen molar-refractivity contribution in [3.63, 3.8) is 0 Å². The molecule has 0 aliphatic carbocycles. The van der Waals surface area contributed by atoms with E-state index in [2.05, 4.69) is 15.9 Å². The van der Waals surface area contributed by atoms with Crippen molar-refractivity contribution in [2.45, 2.75) is 24.3 Å². The summed E-state index contributed by atoms with van der Waals surface area (Å²) in [6, 6.07) is 5.16. The molecular weight excluding hydrogens is 306 g/mol. The summed E-state index contributed by atoms with van der Waals surface area (Å²) in [5, 5.41) is 19.9. The van der Waals surface area contributed by atoms with Gasteiger partial charge in [0.05, 0.1) is 9.40 Å². The molecule has 0 fully saturated rings. The molecule has 1 atom stereocenters. The summed E-state index contributed by atoms with van der Waals surface area (Å²) in [6.07, 6.45) is 0.739. The number of aliphatic hydroxyl groups is 1. The van der Waals surface area contributed by atoms with Crippen molar-refractivity contribution in [3.8, 4) is 0 Å². The van der Waals surface area contributed by atoms with Gasteiger partial charge in [0, 0.05) is 23.7 Å². The number of thioether (sulfide) groups is 1. The highest BCUT2D eigenvalue weighted by Crippen LogP contribution is 2.28. The van der Waals surface area contributed by atoms with Crippen LogP contribution in [0, 0.1) is 10.1 Å². The molecule has 0 radical (unpaired) electrons. The van der Waals surface area contributed by atoms with Gasteiger partial charge in [-0.2, -0.15) is 11.8 Å². The van der Waals surface area contributed by atoms with Crippen LogP contribution < -0.4 is 0 Å². The minimum Gasteiger partial charge on any atom is -0.396 e. The number of hydrogen-bond donors (Lipinski definition) is 1. The summed E-state index contributed by atoms with van der Waals surface area (Å²) in [5.41, 5.74) is 1.02. The highest BCUT2D eigenvalue weighted by atomic mass is 79.9. The molecule has 0 saturated heterocycles. The maximum absolute atomic E-state index is 10.8. The first kappa shape index (κ1) is 14.5. The van der Waals surface area contributed by atoms with Gasteiger partial charge in [-0.3, -0.25) is 10.1 Å². The van der Waals surface area contributed by atoms with Crippen LogP contribution in [0.1, 0.15) is 18.9 Å². The Morgan fingerprint density at radius 1 is 1.59 bits per heavy atom. The molecule has 0 aromatic heterocycles. The Bertz CT molecular complexity index is 400. The van der Waals surface area contributed by atoms with Crippen LogP contribution >= 0.6 is 27.7 Å². The molecule has 0 spiro atoms. The highest BCUT2D eigenvalue weighted by Gasteiger charge is 2.12. The molecule has 6 heteroatoms. The Kier molecular flexibility index (Phi) is 5.94. The number of benzene rings is 1. The standard InChI is InChI=1S/C11H14BrNO3S/c1-8(4-5-14)17-7-9-2-3-10(12)11(6-9)13(15)16/h2-3,6,8,14H,4-5,7H2,1H3. The monoisotopic (exact) mass is 319 g/mol. The Hall–Kier alpha value is -0.590. The summed E-state index contributed by atoms with van der Waals surface area (Å²) in [7, 11) is 0. The number of nitrogens with zero attached hydrogens (tertiary/aromatic N) is 1. The van der Waals surface area contributed by atoms with E-state index in [1.165, 1.54) is 0 Å². The smallest absolute Gasteiger partial charge is 0.283 e. The molecule has 1 aromatic rings. The normalized spacial score (nSPS) is 12.4. The van der Waals surface area contributed by atoms with Crippen molar-refractivity contribution >= 4 is 33.4 Å². The first-order valence-corrected chi connectivity index (χ1v) is 7.04. The van der Waals surface area contributed by atoms with Crippen LogP contribution in [0.5, 0.6) is 0 Å². The van der Waals surface area contributed by atoms with Crippen LogP contribution in [0.3, 0.4) is 0 Å². The Morgan fingerprint density at radius 3 is 2.88 bits per heavy atom. The third-order valence-electron chi connectivity index (χ3n) is 2.28. The Morgan fingerprint density at radius 2 is 2.29 bits per heavy atom. The molecule has 0 heterocycles. The molecule has 4 nitrogen and oxygen atoms in total. The quantitative estimate of drug-likeness (QED) is 0.645. The Balaban J connectivity index is 2.66. The predicted octanol–water partition coefficient (Wildman–Crippen LogP) is 3.36. The number of nitro benzene ring substituents is 1. The van der Waals surface area contributed by atoms with Crippen molar-refractivity contribution in [1.82, 2.24) is 0 Å². The molecule has 17 heavy (non-hydrogen) atoms. The van der Waals surface area contributed by atoms with Gasteiger partial charge in [-0.1, -0.05) is 13.0 Å². The summed E-state index contributed by atoms with van der Waals surface area (Å²) in [4.78, 5) is 10.4. The van der Waals surface area contributed by atoms with Crippen LogP contribution in [0.4, 0.5) is 5.69 Å². The van der Waals surface area contributed by atoms with E-state index in [0.717, 1.165) is 17.7 Å². The van der Waals surface area contributed by atoms with Crippen LogP contribution in [0.25, 0.3) is 0 Å². The summed E-state index contributed by atoms with van der Waals surface area (Å²) in [5.74, 6) is 0.718. The fourth-order valence-electron chi connectivity index (χ4n) is 1.29. The second-order valence-corrected chi connectivity index (χ2v) is 5.96. The maximum atomic E-state index is 10.8. The number of hydrogen-bond acceptors (Lipinski definition) is 4. The average molecular weight is 320 g/mol. The molecule has 0 bridgehead atoms. The second kappa shape index (κ2) is 6.98. The lowest BCUT2D eigenvalue weighted by Crippen LogP contribution is -2.00. The van der Waals surface area contributed by atoms with Crippen molar-refractivity contribution < 1.29 is 10.0 Å². The minimum absolute atomic E-state index is 0.0953. The number of halogens is 1. The largest absolute Gasteiger partial charge is 0.396 e. The van der Waals surface area contributed by atoms with E-state index in [-0.39, 0.29) is 12.3 Å². The van der Waals surface area contributed by atoms with Gasteiger partial charge in [0.2, 0.25) is 0 Å². The SMILES string of the molecule is CC(CCO)SCc1ccc(Br)c([N+](=O)[O-])c1. The van der Waals surface area contributed by atoms with E-state index in [9.17, 15) is 10.1 Å². The van der Waals surface area contributed by atoms with Gasteiger partial charge < -0.3 is 5.11 Å². The summed E-state index contributed by atoms with van der Waals surface area (Å²) in [6.45, 7) is 2.21. The predicted molar refractivity (Wildman–Crippen MR) is 73.3 cm³/mol. The van der Waals surface area contributed by atoms with Gasteiger partial charge in [0.1, 0.15) is 0 Å². The van der Waals surface area contributed by atoms with E-state index >= 15 is 0 Å². The van der Waals surface area contributed by atoms with E-state index in [1.54, 1.807) is 23.9 Å². The lowest BCUT2D eigenvalue weighted by molar-refractivity contribution is -0.385. The van der Waals surface area contributed by atoms with Gasteiger partial charge in [-0.05, 0) is 34.0 Å². The molecule has 1 N–H and O–H groups in total. The fraction of sp³-hybridized carbons (Fsp3) is 0.455. The molecule has 1 aromatic carbocycles. The van der Waals surface area contributed by atoms with E-state index in [4.69, 9.17) is 5.11 Å². The van der Waals surface area contributed by atoms with Crippen LogP contribution in [0.2, 0.25) is 0 Å². The third kappa shape index (κ3) is 4.65. The molecule has 0 aliphatic rings. The number of rotatable bonds is 6. The Labute approximate surface area is 113 Å². The van der Waals surface area contributed by atoms with Crippen LogP contribution in [-0.2, 0) is 5.75 Å². The lowest BCUT2D eigenvalue weighted by Gasteiger charge is -2.09. The van der Waals surface area contributed by atoms with E-state index in [0.29, 0.717) is 9.72 Å². The molecule has 1 unspecified atom stereocenters. The van der Waals surface area contributed by atoms with Gasteiger partial charge in [-0.15, -0.1) is 0 Å². The zero-order valence-electron chi connectivity index (χ0n) is 9.43. The average Bonchev–Trinajstić information content (AvgIpc) is 2.28. The van der Waals surface area contributed by atoms with Crippen molar-refractivity contribution in [3.05, 3.63) is 38.3 Å². The van der Waals surface area contributed by atoms with Gasteiger partial charge in [0.15, 0.2) is 0 Å². The first-order chi connectivity index (χ1) is 8.04. The maximum Gasteiger partial charge on any atom is 0.283 e. The van der Waals surface area contributed by atoms with E-state index < -0.39 is 4.92 Å². The molecule has 94 valence electrons. The first-order valence-electron chi connectivity index (χ1n) is 5.20. The number of nitro groups is 1. The van der Waals surface area contributed by atoms with Crippen LogP contribution in [0.15, 0.2) is 22.7 Å². The fourth-order valence-corrected chi connectivity index (χ4v) is 2.61. The lowest BCUT2D eigenvalue weighted by atomic mass is 10.2. The molecule has 0 aliphatic heterocycles. The summed E-state index contributed by atoms with van der Waals surface area (Å²) >= 11 is 4.84. The molecule has 0 amide bonds. The third-order valence-corrected chi connectivity index (χ3v) is 4.25. The zero-order chi connectivity index (χ0) is 12.8. The molecule has 1 rings (SSSR count). The van der Waals surface area contributed by atoms with Crippen LogP contribution in [-0.4, -0.2) is 21.9 Å². The molecule has 0 saturated carbocycles. The zero-order valence-corrected chi connectivity index (χ0v) is 11.8. The van der Waals surface area contributed by atoms with Gasteiger partial charge in [0.25, 0.3) is 5.69 Å². The highest BCUT2D eigenvalue weighted by molar-refractivity contribution is 9.10. The van der Waals surface area contributed by atoms with Crippen molar-refractivity contribution in [1.29, 1.82) is 0 Å². The van der Waals surface area contributed by atoms with Crippen molar-refractivity contribution in [2.75, 3.05) is 6.61 Å². The van der Waals surface area contributed by atoms with Crippen molar-refractivity contribution in [2.24, 2.45) is 0 Å². The number of aliphatic hydroxyl groups excluding tert-OH is 1. The van der Waals surface area contributed by atoms with E-state index in [1.807, 2.05) is 13.0 Å². The second-order valence-electron chi connectivity index (χ2n) is 3.68. The van der Waals surface area contributed by atoms with Gasteiger partial charge >= 0.3 is 0 Å². The molecular formula is C11H14BrNO3S.